The third-order valence-electron chi connectivity index (χ3n) is 3.95. The van der Waals surface area contributed by atoms with E-state index in [0.29, 0.717) is 5.91 Å². The summed E-state index contributed by atoms with van der Waals surface area (Å²) in [4.78, 5) is 14.1. The molecule has 0 bridgehead atoms. The molecule has 2 aliphatic rings. The first-order valence-electron chi connectivity index (χ1n) is 5.67. The number of likely N-dealkylation sites (tertiary alicyclic amines) is 1. The van der Waals surface area contributed by atoms with Crippen molar-refractivity contribution in [2.24, 2.45) is 16.7 Å². The minimum absolute atomic E-state index is 0.0657. The summed E-state index contributed by atoms with van der Waals surface area (Å²) < 4.78 is 0. The topological polar surface area (TPSA) is 20.3 Å². The van der Waals surface area contributed by atoms with Crippen LogP contribution in [0.15, 0.2) is 0 Å². The number of rotatable bonds is 1. The van der Waals surface area contributed by atoms with Gasteiger partial charge in [-0.3, -0.25) is 4.79 Å². The Bertz CT molecular complexity index is 298. The number of nitrogens with zero attached hydrogens (tertiary/aromatic N) is 1. The normalized spacial score (nSPS) is 36.7. The molecule has 0 N–H and O–H groups in total. The van der Waals surface area contributed by atoms with Crippen molar-refractivity contribution in [1.82, 2.24) is 4.90 Å². The number of hydrogen-bond donors (Lipinski definition) is 0. The molecule has 0 aromatic carbocycles. The van der Waals surface area contributed by atoms with Gasteiger partial charge in [0.15, 0.2) is 0 Å². The average Bonchev–Trinajstić information content (AvgIpc) is 2.62. The molecule has 0 spiro atoms. The van der Waals surface area contributed by atoms with Crippen molar-refractivity contribution in [3.63, 3.8) is 0 Å². The van der Waals surface area contributed by atoms with Crippen LogP contribution in [0.1, 0.15) is 34.1 Å². The van der Waals surface area contributed by atoms with Crippen LogP contribution in [-0.2, 0) is 4.79 Å². The molecule has 3 heteroatoms. The van der Waals surface area contributed by atoms with Gasteiger partial charge < -0.3 is 4.90 Å². The van der Waals surface area contributed by atoms with Crippen LogP contribution in [0.2, 0.25) is 0 Å². The minimum Gasteiger partial charge on any atom is -0.340 e. The van der Waals surface area contributed by atoms with Crippen molar-refractivity contribution in [1.29, 1.82) is 0 Å². The van der Waals surface area contributed by atoms with E-state index in [-0.39, 0.29) is 22.1 Å². The van der Waals surface area contributed by atoms with Crippen molar-refractivity contribution in [2.75, 3.05) is 13.1 Å². The Morgan fingerprint density at radius 3 is 2.13 bits per heavy atom. The maximum absolute atomic E-state index is 12.1. The molecule has 1 aliphatic heterocycles. The van der Waals surface area contributed by atoms with Gasteiger partial charge in [-0.2, -0.15) is 0 Å². The van der Waals surface area contributed by atoms with Crippen molar-refractivity contribution in [2.45, 2.75) is 39.5 Å². The fourth-order valence-electron chi connectivity index (χ4n) is 2.37. The predicted octanol–water partition coefficient (Wildman–Crippen LogP) is 2.51. The summed E-state index contributed by atoms with van der Waals surface area (Å²) in [6.07, 6.45) is 1.04. The lowest BCUT2D eigenvalue weighted by Gasteiger charge is -2.21. The van der Waals surface area contributed by atoms with Crippen LogP contribution >= 0.6 is 11.6 Å². The summed E-state index contributed by atoms with van der Waals surface area (Å²) in [5, 5.41) is 0.100. The van der Waals surface area contributed by atoms with Crippen LogP contribution in [0.3, 0.4) is 0 Å². The van der Waals surface area contributed by atoms with Gasteiger partial charge >= 0.3 is 0 Å². The summed E-state index contributed by atoms with van der Waals surface area (Å²) in [6, 6.07) is 0. The Hall–Kier alpha value is -0.240. The summed E-state index contributed by atoms with van der Waals surface area (Å²) >= 11 is 6.24. The Labute approximate surface area is 97.0 Å². The average molecular weight is 230 g/mol. The maximum Gasteiger partial charge on any atom is 0.226 e. The van der Waals surface area contributed by atoms with Crippen LogP contribution in [0.4, 0.5) is 0 Å². The smallest absolute Gasteiger partial charge is 0.226 e. The Kier molecular flexibility index (Phi) is 2.35. The molecule has 2 atom stereocenters. The van der Waals surface area contributed by atoms with E-state index in [1.54, 1.807) is 0 Å². The number of halogens is 1. The molecule has 2 rings (SSSR count). The highest BCUT2D eigenvalue weighted by Crippen LogP contribution is 2.53. The standard InChI is InChI=1S/C12H20ClNO/c1-11(2)5-8(11)10(15)14-6-9(13)12(3,4)7-14/h8-9H,5-7H2,1-4H3. The molecule has 0 radical (unpaired) electrons. The SMILES string of the molecule is CC1(C)CN(C(=O)C2CC2(C)C)CC1Cl. The molecule has 1 saturated carbocycles. The molecular weight excluding hydrogens is 210 g/mol. The summed E-state index contributed by atoms with van der Waals surface area (Å²) in [5.41, 5.74) is 0.294. The molecule has 1 heterocycles. The first-order valence-corrected chi connectivity index (χ1v) is 6.10. The molecule has 2 nitrogen and oxygen atoms in total. The largest absolute Gasteiger partial charge is 0.340 e. The van der Waals surface area contributed by atoms with Gasteiger partial charge in [-0.1, -0.05) is 27.7 Å². The van der Waals surface area contributed by atoms with E-state index in [4.69, 9.17) is 11.6 Å². The Morgan fingerprint density at radius 2 is 1.80 bits per heavy atom. The van der Waals surface area contributed by atoms with E-state index in [1.807, 2.05) is 4.90 Å². The van der Waals surface area contributed by atoms with Gasteiger partial charge in [0.2, 0.25) is 5.91 Å². The van der Waals surface area contributed by atoms with Crippen LogP contribution in [0.25, 0.3) is 0 Å². The zero-order valence-electron chi connectivity index (χ0n) is 10.0. The minimum atomic E-state index is 0.0657. The number of carbonyl (C=O) groups excluding carboxylic acids is 1. The lowest BCUT2D eigenvalue weighted by molar-refractivity contribution is -0.132. The maximum atomic E-state index is 12.1. The molecule has 2 unspecified atom stereocenters. The van der Waals surface area contributed by atoms with Crippen molar-refractivity contribution >= 4 is 17.5 Å². The molecule has 0 aromatic rings. The van der Waals surface area contributed by atoms with Gasteiger partial charge in [0, 0.05) is 24.4 Å². The predicted molar refractivity (Wildman–Crippen MR) is 61.9 cm³/mol. The van der Waals surface area contributed by atoms with E-state index in [0.717, 1.165) is 19.5 Å². The number of alkyl halides is 1. The number of carbonyl (C=O) groups is 1. The molecule has 1 aliphatic carbocycles. The molecule has 86 valence electrons. The van der Waals surface area contributed by atoms with Crippen LogP contribution in [0.5, 0.6) is 0 Å². The first kappa shape index (κ1) is 11.3. The van der Waals surface area contributed by atoms with Crippen molar-refractivity contribution in [3.8, 4) is 0 Å². The Balaban J connectivity index is 2.00. The third kappa shape index (κ3) is 1.89. The molecule has 15 heavy (non-hydrogen) atoms. The van der Waals surface area contributed by atoms with Crippen molar-refractivity contribution in [3.05, 3.63) is 0 Å². The first-order chi connectivity index (χ1) is 6.74. The van der Waals surface area contributed by atoms with Gasteiger partial charge in [-0.25, -0.2) is 0 Å². The lowest BCUT2D eigenvalue weighted by Crippen LogP contribution is -2.32. The molecule has 0 aromatic heterocycles. The van der Waals surface area contributed by atoms with Gasteiger partial charge in [0.05, 0.1) is 5.38 Å². The van der Waals surface area contributed by atoms with Gasteiger partial charge in [-0.15, -0.1) is 11.6 Å². The number of hydrogen-bond acceptors (Lipinski definition) is 1. The molecule has 1 amide bonds. The van der Waals surface area contributed by atoms with Crippen LogP contribution in [0, 0.1) is 16.7 Å². The summed E-state index contributed by atoms with van der Waals surface area (Å²) in [6.45, 7) is 10.1. The second-order valence-electron chi connectivity index (χ2n) is 6.42. The van der Waals surface area contributed by atoms with E-state index >= 15 is 0 Å². The van der Waals surface area contributed by atoms with Gasteiger partial charge in [0.25, 0.3) is 0 Å². The second-order valence-corrected chi connectivity index (χ2v) is 6.95. The highest BCUT2D eigenvalue weighted by molar-refractivity contribution is 6.21. The molecular formula is C12H20ClNO. The molecule has 2 fully saturated rings. The quantitative estimate of drug-likeness (QED) is 0.633. The monoisotopic (exact) mass is 229 g/mol. The fourth-order valence-corrected chi connectivity index (χ4v) is 2.61. The van der Waals surface area contributed by atoms with E-state index in [1.165, 1.54) is 0 Å². The highest BCUT2D eigenvalue weighted by atomic mass is 35.5. The fraction of sp³-hybridized carbons (Fsp3) is 0.917. The summed E-state index contributed by atoms with van der Waals surface area (Å²) in [5.74, 6) is 0.562. The van der Waals surface area contributed by atoms with Crippen LogP contribution in [-0.4, -0.2) is 29.3 Å². The van der Waals surface area contributed by atoms with E-state index in [9.17, 15) is 4.79 Å². The molecule has 1 saturated heterocycles. The van der Waals surface area contributed by atoms with E-state index in [2.05, 4.69) is 27.7 Å². The Morgan fingerprint density at radius 1 is 1.27 bits per heavy atom. The van der Waals surface area contributed by atoms with Crippen LogP contribution < -0.4 is 0 Å². The number of amides is 1. The third-order valence-corrected chi connectivity index (χ3v) is 4.68. The highest BCUT2D eigenvalue weighted by Gasteiger charge is 2.54. The van der Waals surface area contributed by atoms with E-state index < -0.39 is 0 Å². The second kappa shape index (κ2) is 3.13. The summed E-state index contributed by atoms with van der Waals surface area (Å²) in [7, 11) is 0. The zero-order chi connectivity index (χ0) is 11.4. The van der Waals surface area contributed by atoms with Gasteiger partial charge in [0.1, 0.15) is 0 Å². The van der Waals surface area contributed by atoms with Crippen molar-refractivity contribution < 1.29 is 4.79 Å². The van der Waals surface area contributed by atoms with Gasteiger partial charge in [-0.05, 0) is 11.8 Å². The lowest BCUT2D eigenvalue weighted by atomic mass is 9.92. The zero-order valence-corrected chi connectivity index (χ0v) is 10.8.